The van der Waals surface area contributed by atoms with Crippen LogP contribution in [0.2, 0.25) is 0 Å². The zero-order chi connectivity index (χ0) is 40.0. The smallest absolute Gasteiger partial charge is 0.460 e. The van der Waals surface area contributed by atoms with Gasteiger partial charge in [-0.15, -0.1) is 0 Å². The van der Waals surface area contributed by atoms with Gasteiger partial charge in [-0.05, 0) is 41.8 Å². The molecule has 0 unspecified atom stereocenters. The molecule has 0 atom stereocenters. The number of halogens is 17. The van der Waals surface area contributed by atoms with Crippen molar-refractivity contribution in [3.63, 3.8) is 0 Å². The van der Waals surface area contributed by atoms with E-state index in [1.807, 2.05) is 0 Å². The number of alkyl halides is 17. The van der Waals surface area contributed by atoms with Crippen molar-refractivity contribution >= 4 is 31.8 Å². The molecule has 0 saturated carbocycles. The summed E-state index contributed by atoms with van der Waals surface area (Å²) in [5, 5.41) is -5.31. The van der Waals surface area contributed by atoms with Crippen LogP contribution in [-0.2, 0) is 21.0 Å². The van der Waals surface area contributed by atoms with E-state index < -0.39 is 57.1 Å². The van der Waals surface area contributed by atoms with Crippen molar-refractivity contribution in [3.8, 4) is 0 Å². The molecule has 0 spiro atoms. The van der Waals surface area contributed by atoms with E-state index in [2.05, 4.69) is 103 Å². The van der Waals surface area contributed by atoms with Gasteiger partial charge in [0.05, 0.1) is 10.9 Å². The first-order chi connectivity index (χ1) is 23.4. The minimum atomic E-state index is -8.92. The Morgan fingerprint density at radius 1 is 0.423 bits per heavy atom. The Kier molecular flexibility index (Phi) is 11.4. The molecule has 286 valence electrons. The molecule has 3 nitrogen and oxygen atoms in total. The fourth-order valence-electron chi connectivity index (χ4n) is 4.18. The second-order valence-corrected chi connectivity index (χ2v) is 13.7. The van der Waals surface area contributed by atoms with E-state index >= 15 is 0 Å². The van der Waals surface area contributed by atoms with E-state index in [1.54, 1.807) is 0 Å². The maximum absolute atomic E-state index is 13.0. The van der Waals surface area contributed by atoms with Gasteiger partial charge in [-0.25, -0.2) is 8.42 Å². The zero-order valence-electron chi connectivity index (χ0n) is 24.8. The summed E-state index contributed by atoms with van der Waals surface area (Å²) in [4.78, 5) is 4.10. The first kappa shape index (κ1) is 42.6. The number of rotatable bonds is 10. The van der Waals surface area contributed by atoms with Crippen molar-refractivity contribution in [1.82, 2.24) is 0 Å². The second kappa shape index (κ2) is 13.9. The molecule has 0 fully saturated rings. The first-order valence-electron chi connectivity index (χ1n) is 13.4. The summed E-state index contributed by atoms with van der Waals surface area (Å²) >= 11 is 0. The predicted molar refractivity (Wildman–Crippen MR) is 149 cm³/mol. The molecular weight excluding hydrogens is 795 g/mol. The van der Waals surface area contributed by atoms with Gasteiger partial charge in [-0.3, -0.25) is 0 Å². The topological polar surface area (TPSA) is 57.2 Å². The molecule has 0 heterocycles. The molecule has 0 amide bonds. The minimum Gasteiger partial charge on any atom is -0.743 e. The average molecular weight is 813 g/mol. The normalized spacial score (nSPS) is 14.3. The summed E-state index contributed by atoms with van der Waals surface area (Å²) in [7, 11) is -8.23. The SMILES string of the molecule is O=S(=O)([O-])C(F)(F)C(F)(F)C(F)(F)C(F)(F)C(F)(F)C(F)(F)C(F)(F)C(F)(F)F.c1ccc([S+](c2ccccc2)c2cccc3ccccc23)cc1. The monoisotopic (exact) mass is 812 g/mol. The third-order valence-corrected chi connectivity index (χ3v) is 10.1. The lowest BCUT2D eigenvalue weighted by Crippen LogP contribution is -2.75. The fraction of sp³-hybridized carbons (Fsp3) is 0.267. The van der Waals surface area contributed by atoms with Gasteiger partial charge >= 0.3 is 47.0 Å². The Bertz CT molecular complexity index is 1910. The van der Waals surface area contributed by atoms with Gasteiger partial charge in [-0.1, -0.05) is 66.7 Å². The maximum atomic E-state index is 13.0. The van der Waals surface area contributed by atoms with Gasteiger partial charge in [0.1, 0.15) is 0 Å². The quantitative estimate of drug-likeness (QED) is 0.0911. The van der Waals surface area contributed by atoms with Crippen molar-refractivity contribution in [3.05, 3.63) is 103 Å². The maximum Gasteiger partial charge on any atom is 0.460 e. The van der Waals surface area contributed by atoms with E-state index in [0.29, 0.717) is 0 Å². The zero-order valence-corrected chi connectivity index (χ0v) is 26.4. The van der Waals surface area contributed by atoms with Crippen LogP contribution in [0.15, 0.2) is 118 Å². The van der Waals surface area contributed by atoms with Crippen molar-refractivity contribution in [1.29, 1.82) is 0 Å². The molecule has 4 aromatic carbocycles. The Morgan fingerprint density at radius 2 is 0.769 bits per heavy atom. The van der Waals surface area contributed by atoms with Crippen molar-refractivity contribution in [2.45, 2.75) is 61.7 Å². The predicted octanol–water partition coefficient (Wildman–Crippen LogP) is 10.4. The van der Waals surface area contributed by atoms with Crippen LogP contribution in [-0.4, -0.2) is 59.9 Å². The third kappa shape index (κ3) is 6.88. The molecule has 0 saturated heterocycles. The molecule has 22 heteroatoms. The molecular formula is C30H17F17O3S2. The molecule has 0 aromatic heterocycles. The van der Waals surface area contributed by atoms with Crippen LogP contribution in [0.25, 0.3) is 10.8 Å². The average Bonchev–Trinajstić information content (AvgIpc) is 3.05. The standard InChI is InChI=1S/C22H17S.C8HF17O3S/c1-3-12-19(13-4-1)23(20-14-5-2-6-15-20)22-17-9-11-18-10-7-8-16-21(18)22;9-1(10,3(13,14)5(17,18)7(21,22)23)2(11,12)4(15,16)6(19,20)8(24,25)29(26,27)28/h1-17H;(H,26,27,28)/q+1;/p-1. The highest BCUT2D eigenvalue weighted by Gasteiger charge is 2.95. The number of fused-ring (bicyclic) bond motifs is 1. The molecule has 4 rings (SSSR count). The van der Waals surface area contributed by atoms with Crippen LogP contribution in [0.3, 0.4) is 0 Å². The molecule has 0 aliphatic heterocycles. The van der Waals surface area contributed by atoms with E-state index in [9.17, 15) is 87.6 Å². The summed E-state index contributed by atoms with van der Waals surface area (Å²) in [5.74, 6) is -52.1. The van der Waals surface area contributed by atoms with E-state index in [4.69, 9.17) is 0 Å². The lowest BCUT2D eigenvalue weighted by atomic mass is 9.91. The summed E-state index contributed by atoms with van der Waals surface area (Å²) < 4.78 is 244. The molecule has 0 radical (unpaired) electrons. The van der Waals surface area contributed by atoms with Gasteiger partial charge in [-0.2, -0.15) is 74.6 Å². The number of hydrogen-bond donors (Lipinski definition) is 0. The molecule has 0 aliphatic carbocycles. The highest BCUT2D eigenvalue weighted by atomic mass is 32.2. The highest BCUT2D eigenvalue weighted by molar-refractivity contribution is 7.97. The van der Waals surface area contributed by atoms with Gasteiger partial charge in [0, 0.05) is 5.39 Å². The summed E-state index contributed by atoms with van der Waals surface area (Å²) in [6.45, 7) is 0. The Hall–Kier alpha value is -3.79. The summed E-state index contributed by atoms with van der Waals surface area (Å²) in [6, 6.07) is 36.9. The first-order valence-corrected chi connectivity index (χ1v) is 16.1. The van der Waals surface area contributed by atoms with Crippen molar-refractivity contribution < 1.29 is 87.6 Å². The Morgan fingerprint density at radius 3 is 1.17 bits per heavy atom. The molecule has 0 aliphatic rings. The summed E-state index contributed by atoms with van der Waals surface area (Å²) in [5.41, 5.74) is 0. The Balaban J connectivity index is 0.000000285. The molecule has 52 heavy (non-hydrogen) atoms. The lowest BCUT2D eigenvalue weighted by Gasteiger charge is -2.42. The van der Waals surface area contributed by atoms with Gasteiger partial charge in [0.15, 0.2) is 24.8 Å². The van der Waals surface area contributed by atoms with E-state index in [-0.39, 0.29) is 10.9 Å². The third-order valence-electron chi connectivity index (χ3n) is 6.93. The van der Waals surface area contributed by atoms with Crippen LogP contribution >= 0.6 is 0 Å². The largest absolute Gasteiger partial charge is 0.743 e. The van der Waals surface area contributed by atoms with Gasteiger partial charge < -0.3 is 4.55 Å². The Labute approximate surface area is 284 Å². The molecule has 4 aromatic rings. The molecule has 0 N–H and O–H groups in total. The van der Waals surface area contributed by atoms with Crippen molar-refractivity contribution in [2.75, 3.05) is 0 Å². The van der Waals surface area contributed by atoms with Gasteiger partial charge in [0.25, 0.3) is 0 Å². The van der Waals surface area contributed by atoms with Crippen LogP contribution in [0, 0.1) is 0 Å². The van der Waals surface area contributed by atoms with Crippen LogP contribution in [0.1, 0.15) is 0 Å². The van der Waals surface area contributed by atoms with E-state index in [0.717, 1.165) is 0 Å². The van der Waals surface area contributed by atoms with Crippen LogP contribution in [0.5, 0.6) is 0 Å². The van der Waals surface area contributed by atoms with Crippen molar-refractivity contribution in [2.24, 2.45) is 0 Å². The minimum absolute atomic E-state index is 0.0892. The van der Waals surface area contributed by atoms with E-state index in [1.165, 1.54) is 25.5 Å². The van der Waals surface area contributed by atoms with Crippen LogP contribution < -0.4 is 0 Å². The second-order valence-electron chi connectivity index (χ2n) is 10.3. The molecule has 0 bridgehead atoms. The van der Waals surface area contributed by atoms with Crippen LogP contribution in [0.4, 0.5) is 74.6 Å². The van der Waals surface area contributed by atoms with Gasteiger partial charge in [0.2, 0.25) is 0 Å². The number of hydrogen-bond acceptors (Lipinski definition) is 3. The lowest BCUT2D eigenvalue weighted by molar-refractivity contribution is -0.458. The summed E-state index contributed by atoms with van der Waals surface area (Å²) in [6.07, 6.45) is -7.89. The number of benzene rings is 4. The highest BCUT2D eigenvalue weighted by Crippen LogP contribution is 2.64. The fourth-order valence-corrected chi connectivity index (χ4v) is 6.88.